The summed E-state index contributed by atoms with van der Waals surface area (Å²) in [5.41, 5.74) is 6.50. The highest BCUT2D eigenvalue weighted by Crippen LogP contribution is 2.55. The third kappa shape index (κ3) is 1.81. The van der Waals surface area contributed by atoms with Crippen LogP contribution in [0.5, 0.6) is 0 Å². The highest BCUT2D eigenvalue weighted by Gasteiger charge is 2.52. The Morgan fingerprint density at radius 2 is 2.00 bits per heavy atom. The number of aliphatic hydroxyl groups is 1. The van der Waals surface area contributed by atoms with Crippen molar-refractivity contribution in [1.29, 1.82) is 0 Å². The second kappa shape index (κ2) is 3.80. The highest BCUT2D eigenvalue weighted by molar-refractivity contribution is 5.08. The van der Waals surface area contributed by atoms with E-state index in [0.717, 1.165) is 6.54 Å². The van der Waals surface area contributed by atoms with Crippen LogP contribution in [0.15, 0.2) is 0 Å². The Balaban J connectivity index is 1.78. The van der Waals surface area contributed by atoms with E-state index in [1.54, 1.807) is 0 Å². The number of likely N-dealkylation sites (N-methyl/N-ethyl adjacent to an activating group) is 1. The van der Waals surface area contributed by atoms with Gasteiger partial charge in [-0.3, -0.25) is 0 Å². The van der Waals surface area contributed by atoms with E-state index in [4.69, 9.17) is 10.8 Å². The van der Waals surface area contributed by atoms with E-state index in [1.165, 1.54) is 32.1 Å². The Morgan fingerprint density at radius 3 is 2.43 bits per heavy atom. The fourth-order valence-corrected chi connectivity index (χ4v) is 2.91. The quantitative estimate of drug-likeness (QED) is 0.697. The maximum atomic E-state index is 8.86. The Hall–Kier alpha value is -0.120. The van der Waals surface area contributed by atoms with Crippen molar-refractivity contribution in [2.45, 2.75) is 44.2 Å². The molecule has 0 aliphatic heterocycles. The molecule has 2 rings (SSSR count). The number of hydrogen-bond donors (Lipinski definition) is 2. The van der Waals surface area contributed by atoms with Crippen LogP contribution in [0.25, 0.3) is 0 Å². The van der Waals surface area contributed by atoms with Gasteiger partial charge in [-0.2, -0.15) is 0 Å². The summed E-state index contributed by atoms with van der Waals surface area (Å²) in [4.78, 5) is 2.29. The molecule has 0 aromatic heterocycles. The van der Waals surface area contributed by atoms with Gasteiger partial charge in [-0.25, -0.2) is 0 Å². The summed E-state index contributed by atoms with van der Waals surface area (Å²) in [6.45, 7) is 1.08. The zero-order chi connectivity index (χ0) is 10.2. The van der Waals surface area contributed by atoms with Gasteiger partial charge in [-0.15, -0.1) is 0 Å². The van der Waals surface area contributed by atoms with E-state index in [9.17, 15) is 0 Å². The molecule has 1 unspecified atom stereocenters. The first-order valence-corrected chi connectivity index (χ1v) is 5.75. The number of nitrogens with zero attached hydrogens (tertiary/aromatic N) is 1. The molecule has 2 saturated carbocycles. The molecule has 0 saturated heterocycles. The van der Waals surface area contributed by atoms with E-state index >= 15 is 0 Å². The smallest absolute Gasteiger partial charge is 0.0558 e. The molecule has 3 N–H and O–H groups in total. The molecule has 14 heavy (non-hydrogen) atoms. The van der Waals surface area contributed by atoms with Crippen LogP contribution < -0.4 is 5.73 Å². The van der Waals surface area contributed by atoms with Crippen LogP contribution in [0.2, 0.25) is 0 Å². The normalized spacial score (nSPS) is 42.0. The average Bonchev–Trinajstić information content (AvgIpc) is 2.78. The van der Waals surface area contributed by atoms with Crippen LogP contribution in [0.3, 0.4) is 0 Å². The Morgan fingerprint density at radius 1 is 1.43 bits per heavy atom. The lowest BCUT2D eigenvalue weighted by Crippen LogP contribution is -2.38. The summed E-state index contributed by atoms with van der Waals surface area (Å²) in [5.74, 6) is 0. The molecule has 1 spiro atoms. The van der Waals surface area contributed by atoms with Crippen LogP contribution in [0, 0.1) is 5.41 Å². The molecular formula is C11H22N2O. The largest absolute Gasteiger partial charge is 0.395 e. The van der Waals surface area contributed by atoms with Crippen molar-refractivity contribution in [1.82, 2.24) is 4.90 Å². The minimum Gasteiger partial charge on any atom is -0.395 e. The molecule has 0 aromatic rings. The molecule has 1 atom stereocenters. The number of hydrogen-bond acceptors (Lipinski definition) is 3. The summed E-state index contributed by atoms with van der Waals surface area (Å²) in [7, 11) is 2.12. The third-order valence-electron chi connectivity index (χ3n) is 4.28. The van der Waals surface area contributed by atoms with Gasteiger partial charge in [0.2, 0.25) is 0 Å². The summed E-state index contributed by atoms with van der Waals surface area (Å²) >= 11 is 0. The first-order valence-electron chi connectivity index (χ1n) is 5.75. The summed E-state index contributed by atoms with van der Waals surface area (Å²) < 4.78 is 0. The second-order valence-corrected chi connectivity index (χ2v) is 5.11. The lowest BCUT2D eigenvalue weighted by Gasteiger charge is -2.34. The lowest BCUT2D eigenvalue weighted by atomic mass is 9.82. The van der Waals surface area contributed by atoms with E-state index in [-0.39, 0.29) is 6.61 Å². The Bertz CT molecular complexity index is 199. The van der Waals surface area contributed by atoms with E-state index in [2.05, 4.69) is 11.9 Å². The summed E-state index contributed by atoms with van der Waals surface area (Å²) in [5, 5.41) is 8.86. The fraction of sp³-hybridized carbons (Fsp3) is 1.00. The van der Waals surface area contributed by atoms with Crippen LogP contribution in [-0.4, -0.2) is 42.3 Å². The SMILES string of the molecule is CN(CCO)C1CCC2(CC1)CC2N. The van der Waals surface area contributed by atoms with Crippen molar-refractivity contribution in [3.05, 3.63) is 0 Å². The Kier molecular flexibility index (Phi) is 2.82. The van der Waals surface area contributed by atoms with Gasteiger partial charge >= 0.3 is 0 Å². The third-order valence-corrected chi connectivity index (χ3v) is 4.28. The number of nitrogens with two attached hydrogens (primary N) is 1. The standard InChI is InChI=1S/C11H22N2O/c1-13(6-7-14)9-2-4-11(5-3-9)8-10(11)12/h9-10,14H,2-8,12H2,1H3. The molecule has 3 heteroatoms. The topological polar surface area (TPSA) is 49.5 Å². The van der Waals surface area contributed by atoms with Gasteiger partial charge < -0.3 is 15.7 Å². The van der Waals surface area contributed by atoms with Gasteiger partial charge in [0, 0.05) is 18.6 Å². The number of rotatable bonds is 3. The Labute approximate surface area is 86.3 Å². The fourth-order valence-electron chi connectivity index (χ4n) is 2.91. The van der Waals surface area contributed by atoms with Gasteiger partial charge in [-0.05, 0) is 44.6 Å². The van der Waals surface area contributed by atoms with Crippen molar-refractivity contribution in [2.24, 2.45) is 11.1 Å². The van der Waals surface area contributed by atoms with E-state index < -0.39 is 0 Å². The van der Waals surface area contributed by atoms with Crippen molar-refractivity contribution >= 4 is 0 Å². The van der Waals surface area contributed by atoms with E-state index in [1.807, 2.05) is 0 Å². The molecule has 2 aliphatic rings. The van der Waals surface area contributed by atoms with Gasteiger partial charge in [0.1, 0.15) is 0 Å². The first kappa shape index (κ1) is 10.4. The molecule has 0 radical (unpaired) electrons. The molecule has 2 aliphatic carbocycles. The first-order chi connectivity index (χ1) is 6.68. The second-order valence-electron chi connectivity index (χ2n) is 5.11. The maximum Gasteiger partial charge on any atom is 0.0558 e. The molecule has 2 fully saturated rings. The van der Waals surface area contributed by atoms with Gasteiger partial charge in [0.15, 0.2) is 0 Å². The van der Waals surface area contributed by atoms with Crippen molar-refractivity contribution < 1.29 is 5.11 Å². The minimum atomic E-state index is 0.275. The molecule has 0 heterocycles. The predicted molar refractivity (Wildman–Crippen MR) is 57.0 cm³/mol. The minimum absolute atomic E-state index is 0.275. The zero-order valence-electron chi connectivity index (χ0n) is 9.08. The predicted octanol–water partition coefficient (Wildman–Crippen LogP) is 0.570. The lowest BCUT2D eigenvalue weighted by molar-refractivity contribution is 0.129. The van der Waals surface area contributed by atoms with Gasteiger partial charge in [0.25, 0.3) is 0 Å². The van der Waals surface area contributed by atoms with E-state index in [0.29, 0.717) is 17.5 Å². The molecule has 0 bridgehead atoms. The van der Waals surface area contributed by atoms with Crippen molar-refractivity contribution in [3.8, 4) is 0 Å². The van der Waals surface area contributed by atoms with Gasteiger partial charge in [0.05, 0.1) is 6.61 Å². The monoisotopic (exact) mass is 198 g/mol. The van der Waals surface area contributed by atoms with Crippen LogP contribution in [0.4, 0.5) is 0 Å². The van der Waals surface area contributed by atoms with Crippen LogP contribution in [-0.2, 0) is 0 Å². The van der Waals surface area contributed by atoms with Crippen LogP contribution in [0.1, 0.15) is 32.1 Å². The highest BCUT2D eigenvalue weighted by atomic mass is 16.3. The number of aliphatic hydroxyl groups excluding tert-OH is 1. The van der Waals surface area contributed by atoms with Crippen molar-refractivity contribution in [2.75, 3.05) is 20.2 Å². The zero-order valence-corrected chi connectivity index (χ0v) is 9.08. The van der Waals surface area contributed by atoms with Crippen molar-refractivity contribution in [3.63, 3.8) is 0 Å². The van der Waals surface area contributed by atoms with Crippen LogP contribution >= 0.6 is 0 Å². The molecule has 0 aromatic carbocycles. The average molecular weight is 198 g/mol. The van der Waals surface area contributed by atoms with Gasteiger partial charge in [-0.1, -0.05) is 0 Å². The molecule has 82 valence electrons. The molecular weight excluding hydrogens is 176 g/mol. The maximum absolute atomic E-state index is 8.86. The summed E-state index contributed by atoms with van der Waals surface area (Å²) in [6.07, 6.45) is 6.39. The molecule has 0 amide bonds. The summed E-state index contributed by atoms with van der Waals surface area (Å²) in [6, 6.07) is 1.17. The molecule has 3 nitrogen and oxygen atoms in total.